The Morgan fingerprint density at radius 1 is 1.53 bits per heavy atom. The molecule has 1 fully saturated rings. The van der Waals surface area contributed by atoms with Gasteiger partial charge in [0.1, 0.15) is 5.82 Å². The normalized spacial score (nSPS) is 19.6. The molecule has 1 unspecified atom stereocenters. The van der Waals surface area contributed by atoms with E-state index in [9.17, 15) is 4.39 Å². The van der Waals surface area contributed by atoms with Crippen molar-refractivity contribution in [2.75, 3.05) is 32.2 Å². The Balaban J connectivity index is 2.14. The fourth-order valence-electron chi connectivity index (χ4n) is 2.17. The zero-order valence-corrected chi connectivity index (χ0v) is 10.4. The topological polar surface area (TPSA) is 24.5 Å². The lowest BCUT2D eigenvalue weighted by Gasteiger charge is -2.26. The Bertz CT molecular complexity index is 378. The second kappa shape index (κ2) is 5.47. The van der Waals surface area contributed by atoms with Crippen molar-refractivity contribution in [2.45, 2.75) is 19.0 Å². The maximum Gasteiger partial charge on any atom is 0.146 e. The molecule has 1 aromatic carbocycles. The molecule has 1 N–H and O–H groups in total. The van der Waals surface area contributed by atoms with Gasteiger partial charge in [-0.05, 0) is 31.2 Å². The second-order valence-electron chi connectivity index (χ2n) is 4.44. The summed E-state index contributed by atoms with van der Waals surface area (Å²) in [4.78, 5) is 1.98. The van der Waals surface area contributed by atoms with Crippen molar-refractivity contribution in [3.8, 4) is 0 Å². The van der Waals surface area contributed by atoms with E-state index in [-0.39, 0.29) is 5.82 Å². The number of hydrogen-bond acceptors (Lipinski definition) is 3. The Hall–Kier alpha value is -1.13. The van der Waals surface area contributed by atoms with Gasteiger partial charge in [-0.15, -0.1) is 0 Å². The Morgan fingerprint density at radius 3 is 2.94 bits per heavy atom. The molecule has 4 heteroatoms. The summed E-state index contributed by atoms with van der Waals surface area (Å²) >= 11 is 0. The van der Waals surface area contributed by atoms with Gasteiger partial charge in [0.05, 0.1) is 18.3 Å². The van der Waals surface area contributed by atoms with Crippen molar-refractivity contribution in [1.82, 2.24) is 5.32 Å². The highest BCUT2D eigenvalue weighted by Gasteiger charge is 2.22. The second-order valence-corrected chi connectivity index (χ2v) is 4.44. The Labute approximate surface area is 102 Å². The molecule has 1 atom stereocenters. The number of nitrogens with one attached hydrogen (secondary N) is 1. The van der Waals surface area contributed by atoms with Crippen LogP contribution < -0.4 is 10.2 Å². The van der Waals surface area contributed by atoms with Crippen molar-refractivity contribution in [1.29, 1.82) is 0 Å². The summed E-state index contributed by atoms with van der Waals surface area (Å²) in [6, 6.07) is 5.69. The van der Waals surface area contributed by atoms with Crippen molar-refractivity contribution in [3.63, 3.8) is 0 Å². The van der Waals surface area contributed by atoms with Crippen LogP contribution in [0.25, 0.3) is 0 Å². The molecule has 0 amide bonds. The highest BCUT2D eigenvalue weighted by molar-refractivity contribution is 5.49. The van der Waals surface area contributed by atoms with Crippen LogP contribution in [0.4, 0.5) is 10.1 Å². The van der Waals surface area contributed by atoms with E-state index in [0.717, 1.165) is 18.6 Å². The first-order chi connectivity index (χ1) is 8.22. The molecular formula is C13H19FN2O. The first-order valence-electron chi connectivity index (χ1n) is 5.96. The summed E-state index contributed by atoms with van der Waals surface area (Å²) < 4.78 is 19.3. The van der Waals surface area contributed by atoms with Gasteiger partial charge in [0.15, 0.2) is 0 Å². The highest BCUT2D eigenvalue weighted by Crippen LogP contribution is 2.24. The van der Waals surface area contributed by atoms with Crippen LogP contribution in [0.5, 0.6) is 0 Å². The summed E-state index contributed by atoms with van der Waals surface area (Å²) in [6.45, 7) is 2.15. The van der Waals surface area contributed by atoms with Gasteiger partial charge in [0.2, 0.25) is 0 Å². The van der Waals surface area contributed by atoms with Crippen molar-refractivity contribution >= 4 is 5.69 Å². The number of rotatable bonds is 4. The van der Waals surface area contributed by atoms with Crippen LogP contribution in [0.3, 0.4) is 0 Å². The molecule has 0 bridgehead atoms. The predicted octanol–water partition coefficient (Wildman–Crippen LogP) is 1.77. The minimum atomic E-state index is -0.160. The van der Waals surface area contributed by atoms with Crippen LogP contribution >= 0.6 is 0 Å². The maximum atomic E-state index is 14.0. The molecule has 1 aliphatic heterocycles. The molecule has 2 rings (SSSR count). The Morgan fingerprint density at radius 2 is 2.35 bits per heavy atom. The van der Waals surface area contributed by atoms with E-state index < -0.39 is 0 Å². The monoisotopic (exact) mass is 238 g/mol. The summed E-state index contributed by atoms with van der Waals surface area (Å²) in [6.07, 6.45) is 0.966. The quantitative estimate of drug-likeness (QED) is 0.865. The summed E-state index contributed by atoms with van der Waals surface area (Å²) in [5.74, 6) is -0.160. The third-order valence-electron chi connectivity index (χ3n) is 3.23. The van der Waals surface area contributed by atoms with Gasteiger partial charge >= 0.3 is 0 Å². The third kappa shape index (κ3) is 2.76. The van der Waals surface area contributed by atoms with Crippen molar-refractivity contribution < 1.29 is 9.13 Å². The first-order valence-corrected chi connectivity index (χ1v) is 5.96. The van der Waals surface area contributed by atoms with E-state index in [1.807, 2.05) is 31.1 Å². The van der Waals surface area contributed by atoms with Gasteiger partial charge in [-0.25, -0.2) is 4.39 Å². The number of ether oxygens (including phenoxy) is 1. The van der Waals surface area contributed by atoms with Gasteiger partial charge in [0, 0.05) is 20.2 Å². The number of likely N-dealkylation sites (N-methyl/N-ethyl adjacent to an activating group) is 1. The first kappa shape index (κ1) is 12.3. The zero-order valence-electron chi connectivity index (χ0n) is 10.4. The number of anilines is 1. The molecule has 0 radical (unpaired) electrons. The minimum absolute atomic E-state index is 0.160. The van der Waals surface area contributed by atoms with Crippen LogP contribution in [-0.4, -0.2) is 33.4 Å². The van der Waals surface area contributed by atoms with Crippen LogP contribution in [-0.2, 0) is 11.3 Å². The lowest BCUT2D eigenvalue weighted by Crippen LogP contribution is -2.32. The van der Waals surface area contributed by atoms with Crippen LogP contribution in [0.1, 0.15) is 12.0 Å². The number of benzene rings is 1. The molecular weight excluding hydrogens is 219 g/mol. The van der Waals surface area contributed by atoms with Gasteiger partial charge in [-0.3, -0.25) is 0 Å². The van der Waals surface area contributed by atoms with Gasteiger partial charge in [-0.2, -0.15) is 0 Å². The maximum absolute atomic E-state index is 14.0. The summed E-state index contributed by atoms with van der Waals surface area (Å²) in [5.41, 5.74) is 1.62. The van der Waals surface area contributed by atoms with E-state index in [1.165, 1.54) is 0 Å². The Kier molecular flexibility index (Phi) is 3.97. The largest absolute Gasteiger partial charge is 0.379 e. The lowest BCUT2D eigenvalue weighted by molar-refractivity contribution is 0.193. The third-order valence-corrected chi connectivity index (χ3v) is 3.23. The molecule has 1 aliphatic rings. The molecule has 1 heterocycles. The van der Waals surface area contributed by atoms with E-state index in [4.69, 9.17) is 4.74 Å². The van der Waals surface area contributed by atoms with E-state index in [1.54, 1.807) is 6.07 Å². The fourth-order valence-corrected chi connectivity index (χ4v) is 2.17. The van der Waals surface area contributed by atoms with E-state index in [2.05, 4.69) is 5.32 Å². The molecule has 0 aliphatic carbocycles. The average molecular weight is 238 g/mol. The molecule has 1 saturated heterocycles. The molecule has 3 nitrogen and oxygen atoms in total. The zero-order chi connectivity index (χ0) is 12.3. The van der Waals surface area contributed by atoms with Crippen molar-refractivity contribution in [2.24, 2.45) is 0 Å². The standard InChI is InChI=1S/C13H19FN2O/c1-15-8-10-3-4-13(12(14)7-10)16(2)11-5-6-17-9-11/h3-4,7,11,15H,5-6,8-9H2,1-2H3. The van der Waals surface area contributed by atoms with Gasteiger partial charge < -0.3 is 15.0 Å². The molecule has 0 spiro atoms. The molecule has 0 saturated carbocycles. The SMILES string of the molecule is CNCc1ccc(N(C)C2CCOC2)c(F)c1. The van der Waals surface area contributed by atoms with E-state index >= 15 is 0 Å². The molecule has 17 heavy (non-hydrogen) atoms. The summed E-state index contributed by atoms with van der Waals surface area (Å²) in [5, 5.41) is 3.01. The predicted molar refractivity (Wildman–Crippen MR) is 66.8 cm³/mol. The number of halogens is 1. The number of nitrogens with zero attached hydrogens (tertiary/aromatic N) is 1. The smallest absolute Gasteiger partial charge is 0.146 e. The van der Waals surface area contributed by atoms with Crippen molar-refractivity contribution in [3.05, 3.63) is 29.6 Å². The highest BCUT2D eigenvalue weighted by atomic mass is 19.1. The molecule has 0 aromatic heterocycles. The van der Waals surface area contributed by atoms with E-state index in [0.29, 0.717) is 24.9 Å². The van der Waals surface area contributed by atoms with Crippen LogP contribution in [0.15, 0.2) is 18.2 Å². The van der Waals surface area contributed by atoms with Crippen LogP contribution in [0.2, 0.25) is 0 Å². The van der Waals surface area contributed by atoms with Gasteiger partial charge in [-0.1, -0.05) is 6.07 Å². The minimum Gasteiger partial charge on any atom is -0.379 e. The lowest BCUT2D eigenvalue weighted by atomic mass is 10.1. The summed E-state index contributed by atoms with van der Waals surface area (Å²) in [7, 11) is 3.78. The van der Waals surface area contributed by atoms with Gasteiger partial charge in [0.25, 0.3) is 0 Å². The average Bonchev–Trinajstić information content (AvgIpc) is 2.82. The fraction of sp³-hybridized carbons (Fsp3) is 0.538. The van der Waals surface area contributed by atoms with Crippen LogP contribution in [0, 0.1) is 5.82 Å². The molecule has 1 aromatic rings. The number of hydrogen-bond donors (Lipinski definition) is 1. The molecule has 94 valence electrons.